The van der Waals surface area contributed by atoms with E-state index >= 15 is 0 Å². The molecule has 0 aliphatic rings. The predicted molar refractivity (Wildman–Crippen MR) is 87.0 cm³/mol. The van der Waals surface area contributed by atoms with E-state index in [1.807, 2.05) is 43.1 Å². The van der Waals surface area contributed by atoms with Gasteiger partial charge in [-0.05, 0) is 37.3 Å². The number of nitrogen functional groups attached to an aromatic ring is 1. The summed E-state index contributed by atoms with van der Waals surface area (Å²) < 4.78 is 6.10. The number of furan rings is 1. The number of hydrogen-bond donors (Lipinski definition) is 2. The van der Waals surface area contributed by atoms with Crippen LogP contribution in [0.3, 0.4) is 0 Å². The Labute approximate surface area is 132 Å². The number of nitrogens with one attached hydrogen (secondary N) is 1. The molecule has 0 aliphatic carbocycles. The molecule has 0 saturated heterocycles. The van der Waals surface area contributed by atoms with E-state index in [2.05, 4.69) is 21.2 Å². The lowest BCUT2D eigenvalue weighted by Crippen LogP contribution is -2.43. The molecule has 0 bridgehead atoms. The molecule has 2 rings (SSSR count). The third-order valence-electron chi connectivity index (χ3n) is 3.35. The zero-order valence-electron chi connectivity index (χ0n) is 12.0. The molecule has 0 fully saturated rings. The molecule has 0 aliphatic heterocycles. The van der Waals surface area contributed by atoms with Gasteiger partial charge < -0.3 is 20.4 Å². The quantitative estimate of drug-likeness (QED) is 0.812. The van der Waals surface area contributed by atoms with Crippen molar-refractivity contribution >= 4 is 33.2 Å². The van der Waals surface area contributed by atoms with Crippen molar-refractivity contribution in [3.63, 3.8) is 0 Å². The summed E-state index contributed by atoms with van der Waals surface area (Å²) >= 11 is 3.37. The molecule has 1 aromatic heterocycles. The Morgan fingerprint density at radius 2 is 2.24 bits per heavy atom. The molecule has 1 heterocycles. The molecule has 5 nitrogen and oxygen atoms in total. The molecular weight excluding hydrogens is 334 g/mol. The van der Waals surface area contributed by atoms with Gasteiger partial charge in [0.2, 0.25) is 5.91 Å². The molecule has 1 aromatic carbocycles. The third-order valence-corrected chi connectivity index (χ3v) is 3.84. The van der Waals surface area contributed by atoms with Crippen LogP contribution < -0.4 is 16.0 Å². The van der Waals surface area contributed by atoms with Crippen molar-refractivity contribution in [1.29, 1.82) is 0 Å². The van der Waals surface area contributed by atoms with Crippen molar-refractivity contribution in [3.05, 3.63) is 46.8 Å². The van der Waals surface area contributed by atoms with Gasteiger partial charge in [-0.2, -0.15) is 0 Å². The van der Waals surface area contributed by atoms with E-state index < -0.39 is 0 Å². The van der Waals surface area contributed by atoms with E-state index in [1.165, 1.54) is 0 Å². The number of halogens is 1. The highest BCUT2D eigenvalue weighted by Crippen LogP contribution is 2.27. The van der Waals surface area contributed by atoms with E-state index in [4.69, 9.17) is 10.2 Å². The van der Waals surface area contributed by atoms with Crippen LogP contribution in [-0.4, -0.2) is 19.0 Å². The maximum absolute atomic E-state index is 12.2. The number of amides is 1. The number of likely N-dealkylation sites (N-methyl/N-ethyl adjacent to an activating group) is 1. The van der Waals surface area contributed by atoms with Gasteiger partial charge in [0.1, 0.15) is 11.8 Å². The molecular formula is C15H18BrN3O2. The molecule has 3 N–H and O–H groups in total. The van der Waals surface area contributed by atoms with E-state index in [9.17, 15) is 4.79 Å². The molecule has 2 aromatic rings. The fraction of sp³-hybridized carbons (Fsp3) is 0.267. The molecule has 0 radical (unpaired) electrons. The molecule has 0 spiro atoms. The second-order valence-electron chi connectivity index (χ2n) is 4.79. The highest BCUT2D eigenvalue weighted by Gasteiger charge is 2.20. The second-order valence-corrected chi connectivity index (χ2v) is 5.70. The van der Waals surface area contributed by atoms with Crippen molar-refractivity contribution in [2.24, 2.45) is 0 Å². The molecule has 21 heavy (non-hydrogen) atoms. The van der Waals surface area contributed by atoms with Gasteiger partial charge in [-0.3, -0.25) is 4.79 Å². The molecule has 0 saturated carbocycles. The molecule has 1 atom stereocenters. The van der Waals surface area contributed by atoms with Crippen LogP contribution in [0.5, 0.6) is 0 Å². The number of nitrogens with zero attached hydrogens (tertiary/aromatic N) is 1. The lowest BCUT2D eigenvalue weighted by molar-refractivity contribution is -0.122. The lowest BCUT2D eigenvalue weighted by Gasteiger charge is -2.27. The van der Waals surface area contributed by atoms with Gasteiger partial charge in [0.05, 0.1) is 24.2 Å². The number of benzene rings is 1. The lowest BCUT2D eigenvalue weighted by atomic mass is 10.2. The van der Waals surface area contributed by atoms with Crippen LogP contribution in [0.25, 0.3) is 0 Å². The number of rotatable bonds is 5. The zero-order chi connectivity index (χ0) is 15.4. The number of nitrogens with two attached hydrogens (primary N) is 1. The van der Waals surface area contributed by atoms with Crippen LogP contribution in [0.15, 0.2) is 45.5 Å². The van der Waals surface area contributed by atoms with Crippen LogP contribution in [0, 0.1) is 0 Å². The Balaban J connectivity index is 2.00. The largest absolute Gasteiger partial charge is 0.467 e. The number of anilines is 2. The Morgan fingerprint density at radius 1 is 1.48 bits per heavy atom. The van der Waals surface area contributed by atoms with E-state index in [0.29, 0.717) is 12.2 Å². The summed E-state index contributed by atoms with van der Waals surface area (Å²) in [5, 5.41) is 2.84. The standard InChI is InChI=1S/C15H18BrN3O2/c1-10(15(20)18-9-12-4-3-7-21-12)19(2)14-6-5-11(16)8-13(14)17/h3-8,10H,9,17H2,1-2H3,(H,18,20). The van der Waals surface area contributed by atoms with Gasteiger partial charge >= 0.3 is 0 Å². The van der Waals surface area contributed by atoms with Crippen molar-refractivity contribution < 1.29 is 9.21 Å². The molecule has 1 unspecified atom stereocenters. The number of carbonyl (C=O) groups is 1. The highest BCUT2D eigenvalue weighted by molar-refractivity contribution is 9.10. The number of carbonyl (C=O) groups excluding carboxylic acids is 1. The Bertz CT molecular complexity index is 613. The molecule has 112 valence electrons. The Morgan fingerprint density at radius 3 is 2.86 bits per heavy atom. The SMILES string of the molecule is CC(C(=O)NCc1ccco1)N(C)c1ccc(Br)cc1N. The van der Waals surface area contributed by atoms with Crippen LogP contribution in [0.2, 0.25) is 0 Å². The van der Waals surface area contributed by atoms with Gasteiger partial charge in [-0.25, -0.2) is 0 Å². The minimum Gasteiger partial charge on any atom is -0.467 e. The minimum atomic E-state index is -0.344. The van der Waals surface area contributed by atoms with Crippen molar-refractivity contribution in [2.75, 3.05) is 17.7 Å². The first kappa shape index (κ1) is 15.4. The third kappa shape index (κ3) is 3.78. The smallest absolute Gasteiger partial charge is 0.242 e. The van der Waals surface area contributed by atoms with Crippen LogP contribution in [-0.2, 0) is 11.3 Å². The van der Waals surface area contributed by atoms with Gasteiger partial charge in [0.25, 0.3) is 0 Å². The van der Waals surface area contributed by atoms with Crippen molar-refractivity contribution in [2.45, 2.75) is 19.5 Å². The summed E-state index contributed by atoms with van der Waals surface area (Å²) in [6, 6.07) is 8.87. The van der Waals surface area contributed by atoms with Crippen LogP contribution >= 0.6 is 15.9 Å². The summed E-state index contributed by atoms with van der Waals surface area (Å²) in [7, 11) is 1.84. The second kappa shape index (κ2) is 6.67. The number of hydrogen-bond acceptors (Lipinski definition) is 4. The first-order valence-electron chi connectivity index (χ1n) is 6.57. The molecule has 1 amide bonds. The monoisotopic (exact) mass is 351 g/mol. The maximum atomic E-state index is 12.2. The first-order valence-corrected chi connectivity index (χ1v) is 7.36. The highest BCUT2D eigenvalue weighted by atomic mass is 79.9. The van der Waals surface area contributed by atoms with Crippen LogP contribution in [0.4, 0.5) is 11.4 Å². The van der Waals surface area contributed by atoms with Crippen LogP contribution in [0.1, 0.15) is 12.7 Å². The first-order chi connectivity index (χ1) is 9.99. The van der Waals surface area contributed by atoms with Gasteiger partial charge in [0, 0.05) is 11.5 Å². The summed E-state index contributed by atoms with van der Waals surface area (Å²) in [5.41, 5.74) is 7.43. The fourth-order valence-corrected chi connectivity index (χ4v) is 2.34. The normalized spacial score (nSPS) is 12.0. The summed E-state index contributed by atoms with van der Waals surface area (Å²) in [4.78, 5) is 14.0. The van der Waals surface area contributed by atoms with E-state index in [0.717, 1.165) is 15.9 Å². The van der Waals surface area contributed by atoms with Gasteiger partial charge in [-0.1, -0.05) is 15.9 Å². The molecule has 6 heteroatoms. The Hall–Kier alpha value is -1.95. The maximum Gasteiger partial charge on any atom is 0.242 e. The van der Waals surface area contributed by atoms with Crippen molar-refractivity contribution in [3.8, 4) is 0 Å². The van der Waals surface area contributed by atoms with E-state index in [-0.39, 0.29) is 11.9 Å². The summed E-state index contributed by atoms with van der Waals surface area (Å²) in [6.07, 6.45) is 1.58. The Kier molecular flexibility index (Phi) is 4.90. The van der Waals surface area contributed by atoms with Gasteiger partial charge in [-0.15, -0.1) is 0 Å². The minimum absolute atomic E-state index is 0.0868. The van der Waals surface area contributed by atoms with E-state index in [1.54, 1.807) is 12.3 Å². The fourth-order valence-electron chi connectivity index (χ4n) is 1.97. The topological polar surface area (TPSA) is 71.5 Å². The average molecular weight is 352 g/mol. The van der Waals surface area contributed by atoms with Crippen molar-refractivity contribution in [1.82, 2.24) is 5.32 Å². The summed E-state index contributed by atoms with van der Waals surface area (Å²) in [5.74, 6) is 0.637. The predicted octanol–water partition coefficient (Wildman–Crippen LogP) is 2.77. The van der Waals surface area contributed by atoms with Gasteiger partial charge in [0.15, 0.2) is 0 Å². The summed E-state index contributed by atoms with van der Waals surface area (Å²) in [6.45, 7) is 2.21. The zero-order valence-corrected chi connectivity index (χ0v) is 13.6. The average Bonchev–Trinajstić information content (AvgIpc) is 2.96.